The number of carbonyl (C=O) groups is 1. The second-order valence-corrected chi connectivity index (χ2v) is 6.94. The summed E-state index contributed by atoms with van der Waals surface area (Å²) in [6, 6.07) is 9.84. The van der Waals surface area contributed by atoms with Gasteiger partial charge in [-0.15, -0.1) is 11.3 Å². The Morgan fingerprint density at radius 1 is 1.33 bits per heavy atom. The number of halogens is 1. The molecule has 1 aromatic carbocycles. The van der Waals surface area contributed by atoms with Crippen LogP contribution in [0.3, 0.4) is 0 Å². The van der Waals surface area contributed by atoms with Crippen LogP contribution in [0.15, 0.2) is 47.6 Å². The highest BCUT2D eigenvalue weighted by molar-refractivity contribution is 7.98. The normalized spacial score (nSPS) is 10.9. The second-order valence-electron chi connectivity index (χ2n) is 4.90. The molecular formula is C17H14FNO3S2. The predicted molar refractivity (Wildman–Crippen MR) is 92.7 cm³/mol. The third kappa shape index (κ3) is 3.22. The van der Waals surface area contributed by atoms with E-state index in [1.807, 2.05) is 0 Å². The molecule has 7 heteroatoms. The van der Waals surface area contributed by atoms with Crippen LogP contribution in [0.25, 0.3) is 10.1 Å². The van der Waals surface area contributed by atoms with Crippen molar-refractivity contribution < 1.29 is 18.7 Å². The highest BCUT2D eigenvalue weighted by Gasteiger charge is 2.22. The average molecular weight is 363 g/mol. The number of nitrogens with zero attached hydrogens (tertiary/aromatic N) is 1. The zero-order valence-electron chi connectivity index (χ0n) is 12.8. The number of hydrogen-bond donors (Lipinski definition) is 0. The molecule has 0 saturated heterocycles. The molecule has 0 bridgehead atoms. The van der Waals surface area contributed by atoms with E-state index in [-0.39, 0.29) is 12.4 Å². The third-order valence-corrected chi connectivity index (χ3v) is 5.60. The van der Waals surface area contributed by atoms with Crippen molar-refractivity contribution in [1.82, 2.24) is 0 Å². The van der Waals surface area contributed by atoms with Gasteiger partial charge in [0.05, 0.1) is 6.61 Å². The molecule has 0 spiro atoms. The van der Waals surface area contributed by atoms with Crippen LogP contribution in [0.1, 0.15) is 22.2 Å². The minimum Gasteiger partial charge on any atom is -0.618 e. The van der Waals surface area contributed by atoms with E-state index < -0.39 is 5.97 Å². The summed E-state index contributed by atoms with van der Waals surface area (Å²) in [7, 11) is 0. The van der Waals surface area contributed by atoms with Gasteiger partial charge in [-0.3, -0.25) is 0 Å². The summed E-state index contributed by atoms with van der Waals surface area (Å²) in [6.07, 6.45) is 1.40. The van der Waals surface area contributed by atoms with E-state index in [1.54, 1.807) is 37.3 Å². The Labute approximate surface area is 146 Å². The zero-order valence-corrected chi connectivity index (χ0v) is 14.5. The summed E-state index contributed by atoms with van der Waals surface area (Å²) < 4.78 is 20.8. The van der Waals surface area contributed by atoms with Gasteiger partial charge in [-0.1, -0.05) is 17.8 Å². The van der Waals surface area contributed by atoms with Crippen molar-refractivity contribution in [3.8, 4) is 0 Å². The monoisotopic (exact) mass is 363 g/mol. The standard InChI is InChI=1S/C17H14FNO3S2/c1-2-22-17(20)16-11(10-23-14-8-3-4-9-19(14)21)15-12(18)6-5-7-13(15)24-16/h3-9H,2,10H2,1H3. The molecule has 0 N–H and O–H groups in total. The molecule has 0 aliphatic rings. The number of carbonyl (C=O) groups excluding carboxylic acids is 1. The van der Waals surface area contributed by atoms with Crippen molar-refractivity contribution >= 4 is 39.2 Å². The van der Waals surface area contributed by atoms with Gasteiger partial charge in [-0.05, 0) is 30.7 Å². The molecule has 0 radical (unpaired) electrons. The largest absolute Gasteiger partial charge is 0.618 e. The van der Waals surface area contributed by atoms with Crippen LogP contribution < -0.4 is 4.73 Å². The molecular weight excluding hydrogens is 349 g/mol. The maximum absolute atomic E-state index is 14.3. The molecule has 24 heavy (non-hydrogen) atoms. The van der Waals surface area contributed by atoms with Gasteiger partial charge in [-0.2, -0.15) is 4.73 Å². The van der Waals surface area contributed by atoms with E-state index in [1.165, 1.54) is 35.4 Å². The van der Waals surface area contributed by atoms with Gasteiger partial charge in [0.1, 0.15) is 10.7 Å². The average Bonchev–Trinajstić information content (AvgIpc) is 2.94. The first-order chi connectivity index (χ1) is 11.6. The van der Waals surface area contributed by atoms with Crippen molar-refractivity contribution in [3.63, 3.8) is 0 Å². The molecule has 2 aromatic heterocycles. The van der Waals surface area contributed by atoms with Crippen molar-refractivity contribution in [2.24, 2.45) is 0 Å². The first kappa shape index (κ1) is 16.7. The molecule has 124 valence electrons. The van der Waals surface area contributed by atoms with Gasteiger partial charge >= 0.3 is 5.97 Å². The van der Waals surface area contributed by atoms with Crippen LogP contribution in [0.2, 0.25) is 0 Å². The molecule has 0 aliphatic heterocycles. The smallest absolute Gasteiger partial charge is 0.348 e. The predicted octanol–water partition coefficient (Wildman–Crippen LogP) is 4.14. The molecule has 2 heterocycles. The van der Waals surface area contributed by atoms with Crippen molar-refractivity contribution in [2.75, 3.05) is 6.61 Å². The molecule has 0 aliphatic carbocycles. The highest BCUT2D eigenvalue weighted by Crippen LogP contribution is 2.37. The minimum atomic E-state index is -0.461. The van der Waals surface area contributed by atoms with Crippen LogP contribution in [-0.2, 0) is 10.5 Å². The number of rotatable bonds is 5. The number of aromatic nitrogens is 1. The lowest BCUT2D eigenvalue weighted by molar-refractivity contribution is -0.645. The fourth-order valence-electron chi connectivity index (χ4n) is 2.34. The third-order valence-electron chi connectivity index (χ3n) is 3.38. The summed E-state index contributed by atoms with van der Waals surface area (Å²) in [4.78, 5) is 12.6. The summed E-state index contributed by atoms with van der Waals surface area (Å²) in [5, 5.41) is 12.7. The number of esters is 1. The van der Waals surface area contributed by atoms with Crippen LogP contribution in [0.4, 0.5) is 4.39 Å². The summed E-state index contributed by atoms with van der Waals surface area (Å²) >= 11 is 2.47. The number of fused-ring (bicyclic) bond motifs is 1. The number of benzene rings is 1. The topological polar surface area (TPSA) is 53.2 Å². The van der Waals surface area contributed by atoms with Gasteiger partial charge in [0.25, 0.3) is 5.03 Å². The Hall–Kier alpha value is -2.12. The number of hydrogen-bond acceptors (Lipinski definition) is 5. The Morgan fingerprint density at radius 3 is 2.92 bits per heavy atom. The van der Waals surface area contributed by atoms with Gasteiger partial charge in [-0.25, -0.2) is 9.18 Å². The summed E-state index contributed by atoms with van der Waals surface area (Å²) in [5.74, 6) is -0.531. The molecule has 3 aromatic rings. The summed E-state index contributed by atoms with van der Waals surface area (Å²) in [6.45, 7) is 1.98. The van der Waals surface area contributed by atoms with Crippen LogP contribution in [0, 0.1) is 11.0 Å². The van der Waals surface area contributed by atoms with Crippen molar-refractivity contribution in [2.45, 2.75) is 17.7 Å². The lowest BCUT2D eigenvalue weighted by Crippen LogP contribution is -2.27. The highest BCUT2D eigenvalue weighted by atomic mass is 32.2. The van der Waals surface area contributed by atoms with Gasteiger partial charge in [0.15, 0.2) is 6.20 Å². The van der Waals surface area contributed by atoms with Gasteiger partial charge < -0.3 is 9.94 Å². The molecule has 0 fully saturated rings. The van der Waals surface area contributed by atoms with E-state index in [0.29, 0.717) is 31.3 Å². The van der Waals surface area contributed by atoms with E-state index in [9.17, 15) is 14.4 Å². The number of thioether (sulfide) groups is 1. The maximum atomic E-state index is 14.3. The Balaban J connectivity index is 2.02. The molecule has 4 nitrogen and oxygen atoms in total. The second kappa shape index (κ2) is 7.19. The van der Waals surface area contributed by atoms with Crippen molar-refractivity contribution in [1.29, 1.82) is 0 Å². The quantitative estimate of drug-likeness (QED) is 0.296. The maximum Gasteiger partial charge on any atom is 0.348 e. The number of thiophene rings is 1. The van der Waals surface area contributed by atoms with Crippen LogP contribution in [0.5, 0.6) is 0 Å². The fourth-order valence-corrected chi connectivity index (χ4v) is 4.50. The van der Waals surface area contributed by atoms with E-state index in [4.69, 9.17) is 4.74 Å². The molecule has 3 rings (SSSR count). The van der Waals surface area contributed by atoms with Crippen LogP contribution in [-0.4, -0.2) is 12.6 Å². The first-order valence-corrected chi connectivity index (χ1v) is 9.10. The Morgan fingerprint density at radius 2 is 2.17 bits per heavy atom. The fraction of sp³-hybridized carbons (Fsp3) is 0.176. The minimum absolute atomic E-state index is 0.251. The molecule has 0 amide bonds. The van der Waals surface area contributed by atoms with Crippen molar-refractivity contribution in [3.05, 3.63) is 64.1 Å². The molecule has 0 saturated carbocycles. The Kier molecular flexibility index (Phi) is 5.01. The lowest BCUT2D eigenvalue weighted by atomic mass is 10.1. The Bertz CT molecular complexity index is 895. The molecule has 0 unspecified atom stereocenters. The SMILES string of the molecule is CCOC(=O)c1sc2cccc(F)c2c1CSc1cccc[n+]1[O-]. The number of pyridine rings is 1. The first-order valence-electron chi connectivity index (χ1n) is 7.29. The van der Waals surface area contributed by atoms with Gasteiger partial charge in [0.2, 0.25) is 0 Å². The molecule has 0 atom stereocenters. The van der Waals surface area contributed by atoms with Crippen LogP contribution >= 0.6 is 23.1 Å². The summed E-state index contributed by atoms with van der Waals surface area (Å²) in [5.41, 5.74) is 0.570. The van der Waals surface area contributed by atoms with E-state index in [0.717, 1.165) is 4.73 Å². The van der Waals surface area contributed by atoms with Gasteiger partial charge in [0, 0.05) is 28.0 Å². The van der Waals surface area contributed by atoms with E-state index >= 15 is 0 Å². The van der Waals surface area contributed by atoms with E-state index in [2.05, 4.69) is 0 Å². The lowest BCUT2D eigenvalue weighted by Gasteiger charge is -2.06. The number of ether oxygens (including phenoxy) is 1. The zero-order chi connectivity index (χ0) is 17.1.